The van der Waals surface area contributed by atoms with Gasteiger partial charge >= 0.3 is 0 Å². The lowest BCUT2D eigenvalue weighted by Crippen LogP contribution is -2.23. The molecule has 140 valence electrons. The third-order valence-electron chi connectivity index (χ3n) is 4.53. The minimum Gasteiger partial charge on any atom is -0.507 e. The minimum absolute atomic E-state index is 0.0387. The smallest absolute Gasteiger partial charge is 0.201 e. The van der Waals surface area contributed by atoms with Gasteiger partial charge in [-0.2, -0.15) is 0 Å². The van der Waals surface area contributed by atoms with Crippen LogP contribution in [0.5, 0.6) is 17.2 Å². The van der Waals surface area contributed by atoms with Crippen molar-refractivity contribution in [3.8, 4) is 17.2 Å². The lowest BCUT2D eigenvalue weighted by atomic mass is 9.82. The fraction of sp³-hybridized carbons (Fsp3) is 0.238. The van der Waals surface area contributed by atoms with Crippen LogP contribution in [0.3, 0.4) is 0 Å². The largest absolute Gasteiger partial charge is 0.507 e. The van der Waals surface area contributed by atoms with E-state index >= 15 is 0 Å². The number of fused-ring (bicyclic) bond motifs is 2. The van der Waals surface area contributed by atoms with Gasteiger partial charge in [0, 0.05) is 24.3 Å². The summed E-state index contributed by atoms with van der Waals surface area (Å²) in [4.78, 5) is 25.7. The Balaban J connectivity index is 2.03. The van der Waals surface area contributed by atoms with Gasteiger partial charge in [-0.05, 0) is 43.2 Å². The summed E-state index contributed by atoms with van der Waals surface area (Å²) in [6.07, 6.45) is -0.346. The van der Waals surface area contributed by atoms with Crippen LogP contribution in [-0.4, -0.2) is 41.6 Å². The molecular weight excluding hydrogens is 348 g/mol. The summed E-state index contributed by atoms with van der Waals surface area (Å²) in [6.45, 7) is 7.47. The van der Waals surface area contributed by atoms with Crippen molar-refractivity contribution in [2.75, 3.05) is 13.7 Å². The maximum atomic E-state index is 12.9. The zero-order valence-electron chi connectivity index (χ0n) is 15.3. The summed E-state index contributed by atoms with van der Waals surface area (Å²) in [5.74, 6) is -1.48. The number of carbonyl (C=O) groups is 2. The number of aryl methyl sites for hydroxylation is 1. The number of ketones is 2. The minimum atomic E-state index is -0.599. The molecule has 1 aliphatic rings. The van der Waals surface area contributed by atoms with Crippen molar-refractivity contribution in [2.24, 2.45) is 0 Å². The third-order valence-corrected chi connectivity index (χ3v) is 4.53. The number of methoxy groups -OCH3 is 1. The molecule has 2 N–H and O–H groups in total. The predicted octanol–water partition coefficient (Wildman–Crippen LogP) is 3.15. The highest BCUT2D eigenvalue weighted by molar-refractivity contribution is 6.30. The molecule has 6 heteroatoms. The first-order chi connectivity index (χ1) is 12.7. The van der Waals surface area contributed by atoms with Crippen molar-refractivity contribution >= 4 is 11.6 Å². The molecule has 0 saturated carbocycles. The van der Waals surface area contributed by atoms with Crippen molar-refractivity contribution in [1.82, 2.24) is 0 Å². The lowest BCUT2D eigenvalue weighted by molar-refractivity contribution is 0.0835. The van der Waals surface area contributed by atoms with E-state index in [1.165, 1.54) is 25.3 Å². The Morgan fingerprint density at radius 2 is 1.63 bits per heavy atom. The van der Waals surface area contributed by atoms with Gasteiger partial charge in [-0.3, -0.25) is 9.59 Å². The van der Waals surface area contributed by atoms with Crippen LogP contribution in [-0.2, 0) is 4.74 Å². The average molecular weight is 368 g/mol. The van der Waals surface area contributed by atoms with E-state index in [-0.39, 0.29) is 52.2 Å². The van der Waals surface area contributed by atoms with Gasteiger partial charge in [0.15, 0.2) is 5.78 Å². The maximum Gasteiger partial charge on any atom is 0.201 e. The number of phenolic OH excluding ortho intramolecular Hbond substituents is 2. The zero-order valence-corrected chi connectivity index (χ0v) is 15.3. The molecule has 6 nitrogen and oxygen atoms in total. The Morgan fingerprint density at radius 1 is 1.04 bits per heavy atom. The van der Waals surface area contributed by atoms with Crippen molar-refractivity contribution in [3.05, 3.63) is 64.2 Å². The molecule has 0 heterocycles. The quantitative estimate of drug-likeness (QED) is 0.672. The van der Waals surface area contributed by atoms with Crippen LogP contribution >= 0.6 is 0 Å². The van der Waals surface area contributed by atoms with E-state index in [2.05, 4.69) is 6.58 Å². The predicted molar refractivity (Wildman–Crippen MR) is 98.9 cm³/mol. The van der Waals surface area contributed by atoms with Crippen LogP contribution in [0, 0.1) is 6.92 Å². The second kappa shape index (κ2) is 6.89. The number of benzene rings is 2. The first kappa shape index (κ1) is 18.7. The summed E-state index contributed by atoms with van der Waals surface area (Å²) < 4.78 is 10.9. The van der Waals surface area contributed by atoms with E-state index in [0.717, 1.165) is 5.57 Å². The van der Waals surface area contributed by atoms with Crippen molar-refractivity contribution < 1.29 is 29.3 Å². The molecule has 0 bridgehead atoms. The fourth-order valence-corrected chi connectivity index (χ4v) is 3.14. The van der Waals surface area contributed by atoms with Crippen LogP contribution < -0.4 is 4.74 Å². The van der Waals surface area contributed by atoms with Gasteiger partial charge < -0.3 is 19.7 Å². The van der Waals surface area contributed by atoms with Crippen molar-refractivity contribution in [3.63, 3.8) is 0 Å². The van der Waals surface area contributed by atoms with E-state index in [1.807, 2.05) is 0 Å². The first-order valence-electron chi connectivity index (χ1n) is 8.35. The molecule has 1 atom stereocenters. The van der Waals surface area contributed by atoms with E-state index in [4.69, 9.17) is 9.47 Å². The van der Waals surface area contributed by atoms with Gasteiger partial charge in [-0.1, -0.05) is 6.58 Å². The molecule has 0 aliphatic heterocycles. The van der Waals surface area contributed by atoms with Gasteiger partial charge in [0.2, 0.25) is 5.78 Å². The second-order valence-corrected chi connectivity index (χ2v) is 6.61. The van der Waals surface area contributed by atoms with E-state index < -0.39 is 11.6 Å². The van der Waals surface area contributed by atoms with Crippen LogP contribution in [0.25, 0.3) is 0 Å². The summed E-state index contributed by atoms with van der Waals surface area (Å²) in [5, 5.41) is 20.5. The first-order valence-corrected chi connectivity index (χ1v) is 8.35. The van der Waals surface area contributed by atoms with Gasteiger partial charge in [-0.25, -0.2) is 0 Å². The van der Waals surface area contributed by atoms with E-state index in [0.29, 0.717) is 5.56 Å². The molecule has 2 aromatic carbocycles. The molecule has 0 aromatic heterocycles. The highest BCUT2D eigenvalue weighted by Gasteiger charge is 2.35. The standard InChI is InChI=1S/C21H20O6/c1-10(2)17(26-4)9-27-12-7-14-19(16(23)8-12)21(25)18-13(20(14)24)5-11(3)6-15(18)22/h5-8,17,22-23H,1,9H2,2-4H3. The molecule has 0 fully saturated rings. The molecule has 0 radical (unpaired) electrons. The number of aromatic hydroxyl groups is 2. The number of phenols is 2. The Bertz CT molecular complexity index is 973. The Hall–Kier alpha value is -3.12. The number of ether oxygens (including phenoxy) is 2. The van der Waals surface area contributed by atoms with Crippen LogP contribution in [0.1, 0.15) is 44.3 Å². The molecule has 1 unspecified atom stereocenters. The van der Waals surface area contributed by atoms with Crippen LogP contribution in [0.2, 0.25) is 0 Å². The van der Waals surface area contributed by atoms with Gasteiger partial charge in [-0.15, -0.1) is 0 Å². The number of hydrogen-bond donors (Lipinski definition) is 2. The number of rotatable bonds is 5. The van der Waals surface area contributed by atoms with E-state index in [9.17, 15) is 19.8 Å². The molecule has 27 heavy (non-hydrogen) atoms. The maximum absolute atomic E-state index is 12.9. The Labute approximate surface area is 156 Å². The van der Waals surface area contributed by atoms with Crippen LogP contribution in [0.4, 0.5) is 0 Å². The fourth-order valence-electron chi connectivity index (χ4n) is 3.14. The third kappa shape index (κ3) is 3.19. The number of carbonyl (C=O) groups excluding carboxylic acids is 2. The molecule has 0 saturated heterocycles. The van der Waals surface area contributed by atoms with Crippen molar-refractivity contribution in [2.45, 2.75) is 20.0 Å². The average Bonchev–Trinajstić information content (AvgIpc) is 2.58. The molecular formula is C21H20O6. The van der Waals surface area contributed by atoms with E-state index in [1.54, 1.807) is 19.9 Å². The summed E-state index contributed by atoms with van der Waals surface area (Å²) in [7, 11) is 1.53. The normalized spacial score (nSPS) is 13.7. The highest BCUT2D eigenvalue weighted by Crippen LogP contribution is 2.39. The van der Waals surface area contributed by atoms with Crippen LogP contribution in [0.15, 0.2) is 36.4 Å². The second-order valence-electron chi connectivity index (χ2n) is 6.61. The van der Waals surface area contributed by atoms with Gasteiger partial charge in [0.25, 0.3) is 0 Å². The molecule has 3 rings (SSSR count). The molecule has 0 spiro atoms. The van der Waals surface area contributed by atoms with Gasteiger partial charge in [0.05, 0.1) is 11.1 Å². The summed E-state index contributed by atoms with van der Waals surface area (Å²) in [6, 6.07) is 5.64. The van der Waals surface area contributed by atoms with Crippen molar-refractivity contribution in [1.29, 1.82) is 0 Å². The summed E-state index contributed by atoms with van der Waals surface area (Å²) >= 11 is 0. The molecule has 2 aromatic rings. The monoisotopic (exact) mass is 368 g/mol. The summed E-state index contributed by atoms with van der Waals surface area (Å²) in [5.41, 5.74) is 1.34. The number of hydrogen-bond acceptors (Lipinski definition) is 6. The molecule has 1 aliphatic carbocycles. The topological polar surface area (TPSA) is 93.1 Å². The zero-order chi connectivity index (χ0) is 19.9. The SMILES string of the molecule is C=C(C)C(COc1cc(O)c2c(c1)C(=O)c1cc(C)cc(O)c1C2=O)OC. The Kier molecular flexibility index (Phi) is 4.76. The van der Waals surface area contributed by atoms with Gasteiger partial charge in [0.1, 0.15) is 30.0 Å². The molecule has 0 amide bonds. The lowest BCUT2D eigenvalue weighted by Gasteiger charge is -2.21. The highest BCUT2D eigenvalue weighted by atomic mass is 16.5. The Morgan fingerprint density at radius 3 is 2.22 bits per heavy atom.